The Morgan fingerprint density at radius 2 is 2.06 bits per heavy atom. The summed E-state index contributed by atoms with van der Waals surface area (Å²) in [6.07, 6.45) is 4.09. The summed E-state index contributed by atoms with van der Waals surface area (Å²) in [6.45, 7) is 3.18. The van der Waals surface area contributed by atoms with Gasteiger partial charge in [0.05, 0.1) is 0 Å². The summed E-state index contributed by atoms with van der Waals surface area (Å²) in [5.74, 6) is 0. The zero-order chi connectivity index (χ0) is 12.6. The van der Waals surface area contributed by atoms with Gasteiger partial charge in [0.1, 0.15) is 0 Å². The van der Waals surface area contributed by atoms with Crippen LogP contribution in [0.25, 0.3) is 0 Å². The molecule has 0 aliphatic carbocycles. The van der Waals surface area contributed by atoms with Crippen LogP contribution in [0.5, 0.6) is 0 Å². The standard InChI is InChI=1S/C14H21N3O/c18-11-17-14-4-2-1-3-12(14)5-10-16-13-6-8-15-9-7-13/h1-4,11,13,15-16H,5-10H2,(H,17,18). The smallest absolute Gasteiger partial charge is 0.211 e. The van der Waals surface area contributed by atoms with Gasteiger partial charge in [0.2, 0.25) is 6.41 Å². The van der Waals surface area contributed by atoms with Gasteiger partial charge in [-0.1, -0.05) is 18.2 Å². The number of carbonyl (C=O) groups excluding carboxylic acids is 1. The molecule has 1 fully saturated rings. The molecule has 0 radical (unpaired) electrons. The number of nitrogens with one attached hydrogen (secondary N) is 3. The van der Waals surface area contributed by atoms with E-state index in [0.29, 0.717) is 6.04 Å². The first-order valence-electron chi connectivity index (χ1n) is 6.62. The van der Waals surface area contributed by atoms with E-state index in [9.17, 15) is 4.79 Å². The molecule has 1 aromatic rings. The first-order valence-corrected chi connectivity index (χ1v) is 6.62. The van der Waals surface area contributed by atoms with Gasteiger partial charge in [-0.3, -0.25) is 4.79 Å². The van der Waals surface area contributed by atoms with E-state index in [-0.39, 0.29) is 0 Å². The summed E-state index contributed by atoms with van der Waals surface area (Å²) in [7, 11) is 0. The first kappa shape index (κ1) is 13.1. The largest absolute Gasteiger partial charge is 0.328 e. The topological polar surface area (TPSA) is 53.2 Å². The molecule has 1 heterocycles. The molecule has 3 N–H and O–H groups in total. The lowest BCUT2D eigenvalue weighted by molar-refractivity contribution is -0.105. The number of carbonyl (C=O) groups is 1. The minimum absolute atomic E-state index is 0.637. The molecule has 1 aliphatic rings. The lowest BCUT2D eigenvalue weighted by Crippen LogP contribution is -2.40. The van der Waals surface area contributed by atoms with Gasteiger partial charge >= 0.3 is 0 Å². The van der Waals surface area contributed by atoms with E-state index in [1.807, 2.05) is 18.2 Å². The second-order valence-corrected chi connectivity index (χ2v) is 4.65. The molecular formula is C14H21N3O. The van der Waals surface area contributed by atoms with Crippen LogP contribution in [0.2, 0.25) is 0 Å². The van der Waals surface area contributed by atoms with Gasteiger partial charge in [-0.25, -0.2) is 0 Å². The van der Waals surface area contributed by atoms with Crippen molar-refractivity contribution in [2.75, 3.05) is 25.0 Å². The Kier molecular flexibility index (Phi) is 5.17. The number of hydrogen-bond acceptors (Lipinski definition) is 3. The number of hydrogen-bond donors (Lipinski definition) is 3. The monoisotopic (exact) mass is 247 g/mol. The van der Waals surface area contributed by atoms with E-state index in [0.717, 1.165) is 38.2 Å². The van der Waals surface area contributed by atoms with Gasteiger partial charge in [0.25, 0.3) is 0 Å². The molecule has 0 unspecified atom stereocenters. The van der Waals surface area contributed by atoms with Crippen LogP contribution in [-0.4, -0.2) is 32.1 Å². The summed E-state index contributed by atoms with van der Waals surface area (Å²) < 4.78 is 0. The summed E-state index contributed by atoms with van der Waals surface area (Å²) >= 11 is 0. The summed E-state index contributed by atoms with van der Waals surface area (Å²) in [4.78, 5) is 10.5. The molecule has 18 heavy (non-hydrogen) atoms. The highest BCUT2D eigenvalue weighted by molar-refractivity contribution is 5.73. The van der Waals surface area contributed by atoms with Crippen molar-refractivity contribution in [3.05, 3.63) is 29.8 Å². The van der Waals surface area contributed by atoms with Crippen molar-refractivity contribution in [1.29, 1.82) is 0 Å². The lowest BCUT2D eigenvalue weighted by atomic mass is 10.1. The number of para-hydroxylation sites is 1. The average molecular weight is 247 g/mol. The summed E-state index contributed by atoms with van der Waals surface area (Å²) in [6, 6.07) is 8.59. The lowest BCUT2D eigenvalue weighted by Gasteiger charge is -2.23. The van der Waals surface area contributed by atoms with Gasteiger partial charge in [0.15, 0.2) is 0 Å². The maximum Gasteiger partial charge on any atom is 0.211 e. The third kappa shape index (κ3) is 3.82. The molecule has 1 aliphatic heterocycles. The van der Waals surface area contributed by atoms with E-state index in [4.69, 9.17) is 0 Å². The second-order valence-electron chi connectivity index (χ2n) is 4.65. The van der Waals surface area contributed by atoms with Crippen LogP contribution < -0.4 is 16.0 Å². The maximum absolute atomic E-state index is 10.5. The predicted molar refractivity (Wildman–Crippen MR) is 73.7 cm³/mol. The molecule has 0 spiro atoms. The van der Waals surface area contributed by atoms with Crippen molar-refractivity contribution in [2.45, 2.75) is 25.3 Å². The minimum atomic E-state index is 0.637. The highest BCUT2D eigenvalue weighted by atomic mass is 16.1. The van der Waals surface area contributed by atoms with E-state index in [1.54, 1.807) is 0 Å². The predicted octanol–water partition coefficient (Wildman–Crippen LogP) is 1.14. The zero-order valence-corrected chi connectivity index (χ0v) is 10.6. The SMILES string of the molecule is O=CNc1ccccc1CCNC1CCNCC1. The fourth-order valence-corrected chi connectivity index (χ4v) is 2.38. The molecule has 0 aromatic heterocycles. The fourth-order valence-electron chi connectivity index (χ4n) is 2.38. The minimum Gasteiger partial charge on any atom is -0.328 e. The van der Waals surface area contributed by atoms with Gasteiger partial charge < -0.3 is 16.0 Å². The summed E-state index contributed by atoms with van der Waals surface area (Å²) in [5.41, 5.74) is 2.10. The van der Waals surface area contributed by atoms with Crippen LogP contribution in [0, 0.1) is 0 Å². The average Bonchev–Trinajstić information content (AvgIpc) is 2.42. The van der Waals surface area contributed by atoms with Crippen LogP contribution in [0.1, 0.15) is 18.4 Å². The molecule has 2 rings (SSSR count). The highest BCUT2D eigenvalue weighted by Crippen LogP contribution is 2.14. The molecule has 0 bridgehead atoms. The van der Waals surface area contributed by atoms with E-state index >= 15 is 0 Å². The Morgan fingerprint density at radius 1 is 1.28 bits per heavy atom. The molecule has 0 saturated carbocycles. The Bertz CT molecular complexity index is 375. The van der Waals surface area contributed by atoms with Crippen LogP contribution in [0.15, 0.2) is 24.3 Å². The summed E-state index contributed by atoms with van der Waals surface area (Å²) in [5, 5.41) is 9.69. The zero-order valence-electron chi connectivity index (χ0n) is 10.6. The Morgan fingerprint density at radius 3 is 2.83 bits per heavy atom. The first-order chi connectivity index (χ1) is 8.90. The number of piperidine rings is 1. The van der Waals surface area contributed by atoms with Crippen molar-refractivity contribution >= 4 is 12.1 Å². The molecule has 1 amide bonds. The Hall–Kier alpha value is -1.39. The number of anilines is 1. The van der Waals surface area contributed by atoms with Crippen molar-refractivity contribution in [2.24, 2.45) is 0 Å². The third-order valence-corrected chi connectivity index (χ3v) is 3.40. The van der Waals surface area contributed by atoms with Gasteiger partial charge in [-0.2, -0.15) is 0 Å². The van der Waals surface area contributed by atoms with Gasteiger partial charge in [-0.15, -0.1) is 0 Å². The highest BCUT2D eigenvalue weighted by Gasteiger charge is 2.11. The molecule has 1 saturated heterocycles. The maximum atomic E-state index is 10.5. The normalized spacial score (nSPS) is 16.4. The van der Waals surface area contributed by atoms with Crippen LogP contribution in [-0.2, 0) is 11.2 Å². The molecule has 1 aromatic carbocycles. The molecule has 4 heteroatoms. The molecule has 98 valence electrons. The van der Waals surface area contributed by atoms with Crippen molar-refractivity contribution < 1.29 is 4.79 Å². The van der Waals surface area contributed by atoms with E-state index in [1.165, 1.54) is 18.4 Å². The van der Waals surface area contributed by atoms with E-state index < -0.39 is 0 Å². The van der Waals surface area contributed by atoms with Crippen LogP contribution in [0.4, 0.5) is 5.69 Å². The van der Waals surface area contributed by atoms with Crippen molar-refractivity contribution in [3.8, 4) is 0 Å². The number of benzene rings is 1. The van der Waals surface area contributed by atoms with E-state index in [2.05, 4.69) is 22.0 Å². The van der Waals surface area contributed by atoms with Crippen LogP contribution in [0.3, 0.4) is 0 Å². The van der Waals surface area contributed by atoms with Crippen LogP contribution >= 0.6 is 0 Å². The third-order valence-electron chi connectivity index (χ3n) is 3.40. The van der Waals surface area contributed by atoms with Crippen molar-refractivity contribution in [3.63, 3.8) is 0 Å². The van der Waals surface area contributed by atoms with Gasteiger partial charge in [-0.05, 0) is 50.5 Å². The fraction of sp³-hybridized carbons (Fsp3) is 0.500. The molecule has 0 atom stereocenters. The second kappa shape index (κ2) is 7.13. The van der Waals surface area contributed by atoms with Crippen molar-refractivity contribution in [1.82, 2.24) is 10.6 Å². The Balaban J connectivity index is 1.80. The quantitative estimate of drug-likeness (QED) is 0.661. The Labute approximate surface area is 108 Å². The molecular weight excluding hydrogens is 226 g/mol. The van der Waals surface area contributed by atoms with Gasteiger partial charge in [0, 0.05) is 11.7 Å². The number of amides is 1. The molecule has 4 nitrogen and oxygen atoms in total. The number of rotatable bonds is 6.